The van der Waals surface area contributed by atoms with Gasteiger partial charge in [-0.05, 0) is 13.0 Å². The van der Waals surface area contributed by atoms with E-state index in [0.717, 1.165) is 22.6 Å². The molecule has 8 heteroatoms. The summed E-state index contributed by atoms with van der Waals surface area (Å²) in [7, 11) is 0. The topological polar surface area (TPSA) is 64.0 Å². The highest BCUT2D eigenvalue weighted by molar-refractivity contribution is 7.14. The van der Waals surface area contributed by atoms with Crippen LogP contribution in [0.5, 0.6) is 0 Å². The molecule has 5 nitrogen and oxygen atoms in total. The van der Waals surface area contributed by atoms with Crippen LogP contribution in [0.15, 0.2) is 39.8 Å². The maximum absolute atomic E-state index is 12.1. The fourth-order valence-corrected chi connectivity index (χ4v) is 3.72. The Kier molecular flexibility index (Phi) is 4.61. The van der Waals surface area contributed by atoms with E-state index >= 15 is 0 Å². The molecule has 0 unspecified atom stereocenters. The van der Waals surface area contributed by atoms with Crippen molar-refractivity contribution >= 4 is 45.3 Å². The summed E-state index contributed by atoms with van der Waals surface area (Å²) in [4.78, 5) is 27.9. The Morgan fingerprint density at radius 2 is 2.09 bits per heavy atom. The SMILES string of the molecule is Cc1csc(=O)n1CC(=O)Nc1nc(-c2ccccc2Cl)cs1. The van der Waals surface area contributed by atoms with E-state index in [1.807, 2.05) is 23.6 Å². The predicted octanol–water partition coefficient (Wildman–Crippen LogP) is 3.63. The summed E-state index contributed by atoms with van der Waals surface area (Å²) in [5.74, 6) is -0.284. The van der Waals surface area contributed by atoms with Crippen molar-refractivity contribution in [2.75, 3.05) is 5.32 Å². The van der Waals surface area contributed by atoms with Gasteiger partial charge < -0.3 is 5.32 Å². The number of nitrogens with one attached hydrogen (secondary N) is 1. The monoisotopic (exact) mass is 365 g/mol. The predicted molar refractivity (Wildman–Crippen MR) is 94.5 cm³/mol. The summed E-state index contributed by atoms with van der Waals surface area (Å²) >= 11 is 8.54. The Balaban J connectivity index is 1.73. The highest BCUT2D eigenvalue weighted by Crippen LogP contribution is 2.30. The van der Waals surface area contributed by atoms with Crippen LogP contribution in [-0.2, 0) is 11.3 Å². The molecule has 0 saturated carbocycles. The second-order valence-electron chi connectivity index (χ2n) is 4.80. The number of thiazole rings is 2. The third-order valence-corrected chi connectivity index (χ3v) is 5.15. The molecule has 2 aromatic heterocycles. The molecule has 1 N–H and O–H groups in total. The van der Waals surface area contributed by atoms with Gasteiger partial charge in [-0.3, -0.25) is 14.2 Å². The van der Waals surface area contributed by atoms with Crippen molar-refractivity contribution in [2.24, 2.45) is 0 Å². The molecule has 0 saturated heterocycles. The van der Waals surface area contributed by atoms with Gasteiger partial charge in [-0.15, -0.1) is 11.3 Å². The van der Waals surface area contributed by atoms with Crippen LogP contribution >= 0.6 is 34.3 Å². The quantitative estimate of drug-likeness (QED) is 0.767. The summed E-state index contributed by atoms with van der Waals surface area (Å²) in [6.07, 6.45) is 0. The minimum atomic E-state index is -0.284. The molecule has 0 aliphatic carbocycles. The van der Waals surface area contributed by atoms with Crippen LogP contribution in [0.2, 0.25) is 5.02 Å². The van der Waals surface area contributed by atoms with Crippen molar-refractivity contribution in [2.45, 2.75) is 13.5 Å². The molecule has 0 fully saturated rings. The van der Waals surface area contributed by atoms with Gasteiger partial charge in [0.15, 0.2) is 5.13 Å². The van der Waals surface area contributed by atoms with Gasteiger partial charge in [0, 0.05) is 27.0 Å². The molecule has 3 rings (SSSR count). The summed E-state index contributed by atoms with van der Waals surface area (Å²) in [6, 6.07) is 7.39. The maximum Gasteiger partial charge on any atom is 0.307 e. The lowest BCUT2D eigenvalue weighted by molar-refractivity contribution is -0.116. The highest BCUT2D eigenvalue weighted by atomic mass is 35.5. The van der Waals surface area contributed by atoms with Gasteiger partial charge in [0.1, 0.15) is 6.54 Å². The molecule has 118 valence electrons. The number of amides is 1. The molecule has 23 heavy (non-hydrogen) atoms. The van der Waals surface area contributed by atoms with Crippen LogP contribution < -0.4 is 10.2 Å². The van der Waals surface area contributed by atoms with Gasteiger partial charge in [-0.25, -0.2) is 4.98 Å². The first-order valence-corrected chi connectivity index (χ1v) is 8.83. The van der Waals surface area contributed by atoms with E-state index in [2.05, 4.69) is 10.3 Å². The van der Waals surface area contributed by atoms with E-state index < -0.39 is 0 Å². The molecule has 1 amide bonds. The Hall–Kier alpha value is -1.96. The number of halogens is 1. The number of anilines is 1. The second kappa shape index (κ2) is 6.66. The minimum Gasteiger partial charge on any atom is -0.300 e. The van der Waals surface area contributed by atoms with Crippen molar-refractivity contribution < 1.29 is 4.79 Å². The average Bonchev–Trinajstić information content (AvgIpc) is 3.09. The first-order valence-electron chi connectivity index (χ1n) is 6.70. The zero-order chi connectivity index (χ0) is 16.4. The van der Waals surface area contributed by atoms with Crippen LogP contribution in [0, 0.1) is 6.92 Å². The van der Waals surface area contributed by atoms with Crippen molar-refractivity contribution in [3.8, 4) is 11.3 Å². The fraction of sp³-hybridized carbons (Fsp3) is 0.133. The summed E-state index contributed by atoms with van der Waals surface area (Å²) in [6.45, 7) is 1.78. The Bertz CT molecular complexity index is 913. The number of rotatable bonds is 4. The fourth-order valence-electron chi connectivity index (χ4n) is 2.02. The Labute approximate surface area is 145 Å². The van der Waals surface area contributed by atoms with Crippen LogP contribution in [-0.4, -0.2) is 15.5 Å². The van der Waals surface area contributed by atoms with E-state index in [4.69, 9.17) is 11.6 Å². The van der Waals surface area contributed by atoms with Crippen molar-refractivity contribution in [3.63, 3.8) is 0 Å². The number of aromatic nitrogens is 2. The van der Waals surface area contributed by atoms with Gasteiger partial charge >= 0.3 is 4.87 Å². The number of hydrogen-bond acceptors (Lipinski definition) is 5. The minimum absolute atomic E-state index is 0.0187. The van der Waals surface area contributed by atoms with E-state index in [1.54, 1.807) is 18.4 Å². The largest absolute Gasteiger partial charge is 0.307 e. The third kappa shape index (κ3) is 3.52. The van der Waals surface area contributed by atoms with Crippen molar-refractivity contribution in [3.05, 3.63) is 55.4 Å². The van der Waals surface area contributed by atoms with Crippen LogP contribution in [0.1, 0.15) is 5.69 Å². The molecule has 0 aliphatic heterocycles. The lowest BCUT2D eigenvalue weighted by atomic mass is 10.2. The van der Waals surface area contributed by atoms with E-state index in [9.17, 15) is 9.59 Å². The van der Waals surface area contributed by atoms with Gasteiger partial charge in [0.25, 0.3) is 0 Å². The molecule has 3 aromatic rings. The number of nitrogens with zero attached hydrogens (tertiary/aromatic N) is 2. The second-order valence-corrected chi connectivity index (χ2v) is 6.88. The number of benzene rings is 1. The molecular weight excluding hydrogens is 354 g/mol. The Morgan fingerprint density at radius 3 is 2.78 bits per heavy atom. The van der Waals surface area contributed by atoms with Gasteiger partial charge in [0.2, 0.25) is 5.91 Å². The van der Waals surface area contributed by atoms with Crippen LogP contribution in [0.25, 0.3) is 11.3 Å². The van der Waals surface area contributed by atoms with Crippen LogP contribution in [0.4, 0.5) is 5.13 Å². The van der Waals surface area contributed by atoms with Gasteiger partial charge in [-0.2, -0.15) is 0 Å². The van der Waals surface area contributed by atoms with Crippen LogP contribution in [0.3, 0.4) is 0 Å². The molecule has 0 bridgehead atoms. The molecule has 0 atom stereocenters. The Morgan fingerprint density at radius 1 is 1.30 bits per heavy atom. The molecule has 2 heterocycles. The highest BCUT2D eigenvalue weighted by Gasteiger charge is 2.12. The maximum atomic E-state index is 12.1. The molecule has 0 spiro atoms. The van der Waals surface area contributed by atoms with Crippen molar-refractivity contribution in [1.82, 2.24) is 9.55 Å². The van der Waals surface area contributed by atoms with E-state index in [1.165, 1.54) is 15.9 Å². The molecule has 1 aromatic carbocycles. The average molecular weight is 366 g/mol. The molecular formula is C15H12ClN3O2S2. The summed E-state index contributed by atoms with van der Waals surface area (Å²) in [5.41, 5.74) is 2.29. The number of aryl methyl sites for hydroxylation is 1. The third-order valence-electron chi connectivity index (χ3n) is 3.18. The first kappa shape index (κ1) is 15.9. The zero-order valence-corrected chi connectivity index (χ0v) is 14.5. The summed E-state index contributed by atoms with van der Waals surface area (Å²) in [5, 5.41) is 7.36. The number of carbonyl (C=O) groups is 1. The number of hydrogen-bond donors (Lipinski definition) is 1. The summed E-state index contributed by atoms with van der Waals surface area (Å²) < 4.78 is 1.43. The first-order chi connectivity index (χ1) is 11.0. The zero-order valence-electron chi connectivity index (χ0n) is 12.1. The molecule has 0 aliphatic rings. The van der Waals surface area contributed by atoms with E-state index in [-0.39, 0.29) is 17.3 Å². The lowest BCUT2D eigenvalue weighted by Gasteiger charge is -2.04. The van der Waals surface area contributed by atoms with Gasteiger partial charge in [0.05, 0.1) is 5.69 Å². The van der Waals surface area contributed by atoms with E-state index in [0.29, 0.717) is 15.8 Å². The normalized spacial score (nSPS) is 10.7. The molecule has 0 radical (unpaired) electrons. The number of carbonyl (C=O) groups excluding carboxylic acids is 1. The standard InChI is InChI=1S/C15H12ClN3O2S2/c1-9-7-23-15(21)19(9)6-13(20)18-14-17-12(8-22-14)10-4-2-3-5-11(10)16/h2-5,7-8H,6H2,1H3,(H,17,18,20). The lowest BCUT2D eigenvalue weighted by Crippen LogP contribution is -2.25. The van der Waals surface area contributed by atoms with Crippen molar-refractivity contribution in [1.29, 1.82) is 0 Å². The smallest absolute Gasteiger partial charge is 0.300 e. The van der Waals surface area contributed by atoms with Gasteiger partial charge in [-0.1, -0.05) is 41.1 Å².